The lowest BCUT2D eigenvalue weighted by Gasteiger charge is -2.20. The summed E-state index contributed by atoms with van der Waals surface area (Å²) in [5.74, 6) is 0.0376. The van der Waals surface area contributed by atoms with Crippen LogP contribution < -0.4 is 4.90 Å². The molecule has 0 saturated heterocycles. The lowest BCUT2D eigenvalue weighted by Crippen LogP contribution is -2.16. The highest BCUT2D eigenvalue weighted by Crippen LogP contribution is 2.21. The number of anilines is 1. The molecule has 0 atom stereocenters. The molecule has 0 aliphatic carbocycles. The molecule has 1 nitrogen and oxygen atoms in total. The lowest BCUT2D eigenvalue weighted by atomic mass is 10.1. The topological polar surface area (TPSA) is 3.24 Å². The van der Waals surface area contributed by atoms with Crippen molar-refractivity contribution in [1.82, 2.24) is 0 Å². The van der Waals surface area contributed by atoms with Crippen molar-refractivity contribution in [3.63, 3.8) is 0 Å². The van der Waals surface area contributed by atoms with Crippen LogP contribution in [0.1, 0.15) is 11.1 Å². The van der Waals surface area contributed by atoms with Crippen molar-refractivity contribution < 1.29 is 4.39 Å². The zero-order valence-electron chi connectivity index (χ0n) is 10.5. The minimum atomic E-state index is -0.267. The summed E-state index contributed by atoms with van der Waals surface area (Å²) >= 11 is 11.6. The van der Waals surface area contributed by atoms with E-state index >= 15 is 0 Å². The van der Waals surface area contributed by atoms with E-state index in [0.29, 0.717) is 17.4 Å². The average Bonchev–Trinajstić information content (AvgIpc) is 2.40. The highest BCUT2D eigenvalue weighted by molar-refractivity contribution is 6.30. The van der Waals surface area contributed by atoms with Gasteiger partial charge in [0, 0.05) is 30.2 Å². The van der Waals surface area contributed by atoms with Crippen LogP contribution in [0.3, 0.4) is 0 Å². The Balaban J connectivity index is 2.17. The Morgan fingerprint density at radius 1 is 1.05 bits per heavy atom. The minimum absolute atomic E-state index is 0.267. The number of halogens is 3. The summed E-state index contributed by atoms with van der Waals surface area (Å²) in [7, 11) is 1.92. The molecule has 0 aliphatic rings. The van der Waals surface area contributed by atoms with Crippen molar-refractivity contribution in [2.45, 2.75) is 12.4 Å². The zero-order chi connectivity index (χ0) is 13.8. The first-order valence-electron chi connectivity index (χ1n) is 5.89. The Morgan fingerprint density at radius 3 is 2.37 bits per heavy atom. The van der Waals surface area contributed by atoms with Crippen LogP contribution in [-0.2, 0) is 12.4 Å². The van der Waals surface area contributed by atoms with Gasteiger partial charge in [0.15, 0.2) is 0 Å². The number of hydrogen-bond donors (Lipinski definition) is 0. The van der Waals surface area contributed by atoms with Gasteiger partial charge in [0.2, 0.25) is 0 Å². The van der Waals surface area contributed by atoms with E-state index in [1.807, 2.05) is 42.3 Å². The van der Waals surface area contributed by atoms with Crippen LogP contribution in [0, 0.1) is 5.82 Å². The summed E-state index contributed by atoms with van der Waals surface area (Å²) in [6.07, 6.45) is 0. The van der Waals surface area contributed by atoms with Crippen molar-refractivity contribution in [3.05, 3.63) is 64.4 Å². The van der Waals surface area contributed by atoms with E-state index in [9.17, 15) is 4.39 Å². The van der Waals surface area contributed by atoms with E-state index in [0.717, 1.165) is 16.8 Å². The van der Waals surface area contributed by atoms with Gasteiger partial charge in [-0.3, -0.25) is 0 Å². The summed E-state index contributed by atoms with van der Waals surface area (Å²) in [6.45, 7) is 0.683. The van der Waals surface area contributed by atoms with Gasteiger partial charge >= 0.3 is 0 Å². The highest BCUT2D eigenvalue weighted by Gasteiger charge is 2.06. The van der Waals surface area contributed by atoms with Gasteiger partial charge in [-0.25, -0.2) is 4.39 Å². The van der Waals surface area contributed by atoms with Gasteiger partial charge in [0.25, 0.3) is 0 Å². The van der Waals surface area contributed by atoms with Crippen molar-refractivity contribution in [2.24, 2.45) is 0 Å². The molecule has 0 aromatic heterocycles. The van der Waals surface area contributed by atoms with Gasteiger partial charge < -0.3 is 4.90 Å². The van der Waals surface area contributed by atoms with Crippen molar-refractivity contribution in [3.8, 4) is 0 Å². The fourth-order valence-corrected chi connectivity index (χ4v) is 2.17. The van der Waals surface area contributed by atoms with Crippen LogP contribution in [0.25, 0.3) is 0 Å². The smallest absolute Gasteiger partial charge is 0.125 e. The van der Waals surface area contributed by atoms with Crippen LogP contribution in [0.15, 0.2) is 42.5 Å². The van der Waals surface area contributed by atoms with E-state index in [1.54, 1.807) is 0 Å². The SMILES string of the molecule is CN(Cc1ccc(Cl)cc1)c1cc(F)cc(CCl)c1. The summed E-state index contributed by atoms with van der Waals surface area (Å²) in [4.78, 5) is 1.97. The Morgan fingerprint density at radius 2 is 1.74 bits per heavy atom. The van der Waals surface area contributed by atoms with E-state index in [-0.39, 0.29) is 5.82 Å². The zero-order valence-corrected chi connectivity index (χ0v) is 12.0. The predicted octanol–water partition coefficient (Wildman–Crippen LogP) is 4.85. The average molecular weight is 298 g/mol. The maximum Gasteiger partial charge on any atom is 0.125 e. The monoisotopic (exact) mass is 297 g/mol. The fraction of sp³-hybridized carbons (Fsp3) is 0.200. The van der Waals surface area contributed by atoms with Gasteiger partial charge in [0.1, 0.15) is 5.82 Å². The van der Waals surface area contributed by atoms with E-state index < -0.39 is 0 Å². The Bertz CT molecular complexity index is 555. The largest absolute Gasteiger partial charge is 0.370 e. The molecule has 0 radical (unpaired) electrons. The number of nitrogens with zero attached hydrogens (tertiary/aromatic N) is 1. The number of rotatable bonds is 4. The van der Waals surface area contributed by atoms with Gasteiger partial charge in [-0.1, -0.05) is 23.7 Å². The molecular formula is C15H14Cl2FN. The third kappa shape index (κ3) is 3.85. The molecule has 0 unspecified atom stereocenters. The van der Waals surface area contributed by atoms with Crippen LogP contribution in [0.5, 0.6) is 0 Å². The van der Waals surface area contributed by atoms with Crippen molar-refractivity contribution >= 4 is 28.9 Å². The Labute approximate surface area is 122 Å². The van der Waals surface area contributed by atoms with Crippen LogP contribution in [0.4, 0.5) is 10.1 Å². The second-order valence-electron chi connectivity index (χ2n) is 4.43. The Hall–Kier alpha value is -1.25. The summed E-state index contributed by atoms with van der Waals surface area (Å²) in [5.41, 5.74) is 2.70. The molecule has 0 bridgehead atoms. The van der Waals surface area contributed by atoms with Gasteiger partial charge in [-0.05, 0) is 41.5 Å². The second-order valence-corrected chi connectivity index (χ2v) is 5.14. The number of alkyl halides is 1. The molecule has 0 heterocycles. The third-order valence-corrected chi connectivity index (χ3v) is 3.43. The molecule has 0 saturated carbocycles. The summed E-state index contributed by atoms with van der Waals surface area (Å²) in [5, 5.41) is 0.710. The molecule has 0 aliphatic heterocycles. The first-order valence-corrected chi connectivity index (χ1v) is 6.81. The predicted molar refractivity (Wildman–Crippen MR) is 79.5 cm³/mol. The molecule has 0 N–H and O–H groups in total. The molecule has 19 heavy (non-hydrogen) atoms. The second kappa shape index (κ2) is 6.27. The van der Waals surface area contributed by atoms with Crippen molar-refractivity contribution in [2.75, 3.05) is 11.9 Å². The van der Waals surface area contributed by atoms with E-state index in [2.05, 4.69) is 0 Å². The number of benzene rings is 2. The maximum atomic E-state index is 13.5. The molecule has 2 rings (SSSR count). The van der Waals surface area contributed by atoms with Gasteiger partial charge in [-0.15, -0.1) is 11.6 Å². The van der Waals surface area contributed by atoms with E-state index in [1.165, 1.54) is 12.1 Å². The first kappa shape index (κ1) is 14.2. The molecule has 100 valence electrons. The third-order valence-electron chi connectivity index (χ3n) is 2.87. The van der Waals surface area contributed by atoms with Crippen LogP contribution in [0.2, 0.25) is 5.02 Å². The Kier molecular flexibility index (Phi) is 4.67. The molecule has 2 aromatic rings. The quantitative estimate of drug-likeness (QED) is 0.729. The normalized spacial score (nSPS) is 10.5. The molecule has 0 spiro atoms. The molecule has 0 fully saturated rings. The van der Waals surface area contributed by atoms with Crippen molar-refractivity contribution in [1.29, 1.82) is 0 Å². The summed E-state index contributed by atoms with van der Waals surface area (Å²) in [6, 6.07) is 12.5. The van der Waals surface area contributed by atoms with Gasteiger partial charge in [-0.2, -0.15) is 0 Å². The highest BCUT2D eigenvalue weighted by atomic mass is 35.5. The maximum absolute atomic E-state index is 13.5. The lowest BCUT2D eigenvalue weighted by molar-refractivity contribution is 0.625. The van der Waals surface area contributed by atoms with E-state index in [4.69, 9.17) is 23.2 Å². The van der Waals surface area contributed by atoms with Crippen LogP contribution >= 0.6 is 23.2 Å². The first-order chi connectivity index (χ1) is 9.08. The van der Waals surface area contributed by atoms with Gasteiger partial charge in [0.05, 0.1) is 0 Å². The molecule has 2 aromatic carbocycles. The minimum Gasteiger partial charge on any atom is -0.370 e. The molecule has 0 amide bonds. The summed E-state index contributed by atoms with van der Waals surface area (Å²) < 4.78 is 13.5. The molecule has 4 heteroatoms. The molecular weight excluding hydrogens is 284 g/mol. The van der Waals surface area contributed by atoms with Crippen LogP contribution in [-0.4, -0.2) is 7.05 Å². The standard InChI is InChI=1S/C15H14Cl2FN/c1-19(10-11-2-4-13(17)5-3-11)15-7-12(9-16)6-14(18)8-15/h2-8H,9-10H2,1H3. The fourth-order valence-electron chi connectivity index (χ4n) is 1.89. The number of hydrogen-bond acceptors (Lipinski definition) is 1.